The molecule has 1 aromatic rings. The quantitative estimate of drug-likeness (QED) is 0.855. The number of alkyl halides is 3. The number of hydrogen-bond donors (Lipinski definition) is 2. The number of halogens is 4. The van der Waals surface area contributed by atoms with E-state index in [1.54, 1.807) is 18.2 Å². The summed E-state index contributed by atoms with van der Waals surface area (Å²) in [4.78, 5) is 11.8. The van der Waals surface area contributed by atoms with Crippen molar-refractivity contribution in [1.82, 2.24) is 0 Å². The van der Waals surface area contributed by atoms with Gasteiger partial charge >= 0.3 is 6.18 Å². The molecule has 116 valence electrons. The molecule has 1 saturated carbocycles. The monoisotopic (exact) mass is 364 g/mol. The number of rotatable bonds is 3. The van der Waals surface area contributed by atoms with Crippen LogP contribution in [-0.2, 0) is 4.79 Å². The van der Waals surface area contributed by atoms with E-state index in [1.165, 1.54) is 0 Å². The van der Waals surface area contributed by atoms with Crippen molar-refractivity contribution in [3.05, 3.63) is 28.7 Å². The van der Waals surface area contributed by atoms with Crippen LogP contribution >= 0.6 is 15.9 Å². The van der Waals surface area contributed by atoms with E-state index in [0.717, 1.165) is 4.47 Å². The number of anilines is 1. The number of amides is 1. The second-order valence-corrected chi connectivity index (χ2v) is 6.31. The molecule has 0 heterocycles. The molecule has 3 nitrogen and oxygen atoms in total. The first-order valence-electron chi connectivity index (χ1n) is 6.63. The van der Waals surface area contributed by atoms with Gasteiger partial charge in [-0.25, -0.2) is 0 Å². The molecule has 0 atom stereocenters. The Bertz CT molecular complexity index is 525. The second kappa shape index (κ2) is 5.87. The van der Waals surface area contributed by atoms with E-state index in [-0.39, 0.29) is 25.7 Å². The Kier molecular flexibility index (Phi) is 4.51. The number of nitrogens with one attached hydrogen (secondary N) is 1. The minimum atomic E-state index is -4.21. The van der Waals surface area contributed by atoms with Gasteiger partial charge in [0.1, 0.15) is 5.54 Å². The van der Waals surface area contributed by atoms with Gasteiger partial charge in [-0.2, -0.15) is 13.2 Å². The molecule has 0 bridgehead atoms. The molecule has 2 rings (SSSR count). The lowest BCUT2D eigenvalue weighted by atomic mass is 9.75. The summed E-state index contributed by atoms with van der Waals surface area (Å²) in [6, 6.07) is 7.12. The van der Waals surface area contributed by atoms with Crippen LogP contribution in [0.25, 0.3) is 0 Å². The van der Waals surface area contributed by atoms with Gasteiger partial charge < -0.3 is 11.1 Å². The van der Waals surface area contributed by atoms with Crippen molar-refractivity contribution < 1.29 is 18.0 Å². The predicted molar refractivity (Wildman–Crippen MR) is 77.7 cm³/mol. The van der Waals surface area contributed by atoms with Gasteiger partial charge in [-0.15, -0.1) is 0 Å². The average Bonchev–Trinajstić information content (AvgIpc) is 2.38. The number of primary amides is 1. The standard InChI is InChI=1S/C14H16BrF3N2O/c15-10-2-1-3-11(8-10)20-13(12(19)21)6-4-9(5-7-13)14(16,17)18/h1-3,8-9,20H,4-7H2,(H2,19,21). The topological polar surface area (TPSA) is 55.1 Å². The number of nitrogens with two attached hydrogens (primary N) is 1. The van der Waals surface area contributed by atoms with Gasteiger partial charge in [0.25, 0.3) is 0 Å². The maximum absolute atomic E-state index is 12.7. The summed E-state index contributed by atoms with van der Waals surface area (Å²) in [5.41, 5.74) is 5.00. The summed E-state index contributed by atoms with van der Waals surface area (Å²) < 4.78 is 39.0. The highest BCUT2D eigenvalue weighted by Crippen LogP contribution is 2.42. The molecule has 1 fully saturated rings. The molecule has 0 unspecified atom stereocenters. The molecule has 0 spiro atoms. The van der Waals surface area contributed by atoms with E-state index >= 15 is 0 Å². The van der Waals surface area contributed by atoms with E-state index in [4.69, 9.17) is 5.73 Å². The van der Waals surface area contributed by atoms with Crippen molar-refractivity contribution in [1.29, 1.82) is 0 Å². The lowest BCUT2D eigenvalue weighted by Gasteiger charge is -2.39. The minimum Gasteiger partial charge on any atom is -0.371 e. The Balaban J connectivity index is 2.15. The van der Waals surface area contributed by atoms with E-state index in [1.807, 2.05) is 6.07 Å². The Labute approximate surface area is 129 Å². The number of hydrogen-bond acceptors (Lipinski definition) is 2. The molecule has 0 radical (unpaired) electrons. The maximum atomic E-state index is 12.7. The Morgan fingerprint density at radius 2 is 1.95 bits per heavy atom. The molecular weight excluding hydrogens is 349 g/mol. The first-order valence-corrected chi connectivity index (χ1v) is 7.43. The van der Waals surface area contributed by atoms with Gasteiger partial charge in [-0.3, -0.25) is 4.79 Å². The summed E-state index contributed by atoms with van der Waals surface area (Å²) >= 11 is 3.31. The lowest BCUT2D eigenvalue weighted by molar-refractivity contribution is -0.184. The smallest absolute Gasteiger partial charge is 0.371 e. The van der Waals surface area contributed by atoms with Crippen LogP contribution in [0.2, 0.25) is 0 Å². The van der Waals surface area contributed by atoms with Crippen molar-refractivity contribution in [3.8, 4) is 0 Å². The molecule has 21 heavy (non-hydrogen) atoms. The Morgan fingerprint density at radius 1 is 1.33 bits per heavy atom. The molecule has 0 aromatic heterocycles. The van der Waals surface area contributed by atoms with Crippen LogP contribution in [0.5, 0.6) is 0 Å². The Morgan fingerprint density at radius 3 is 2.43 bits per heavy atom. The molecule has 1 aliphatic rings. The third kappa shape index (κ3) is 3.70. The molecule has 1 amide bonds. The first kappa shape index (κ1) is 16.1. The van der Waals surface area contributed by atoms with Crippen LogP contribution in [0.15, 0.2) is 28.7 Å². The van der Waals surface area contributed by atoms with Gasteiger partial charge in [0, 0.05) is 10.2 Å². The summed E-state index contributed by atoms with van der Waals surface area (Å²) in [5, 5.41) is 3.03. The highest BCUT2D eigenvalue weighted by molar-refractivity contribution is 9.10. The van der Waals surface area contributed by atoms with Crippen LogP contribution in [-0.4, -0.2) is 17.6 Å². The van der Waals surface area contributed by atoms with Crippen molar-refractivity contribution in [2.75, 3.05) is 5.32 Å². The third-order valence-corrected chi connectivity index (χ3v) is 4.48. The number of carbonyl (C=O) groups excluding carboxylic acids is 1. The van der Waals surface area contributed by atoms with E-state index in [9.17, 15) is 18.0 Å². The van der Waals surface area contributed by atoms with Crippen LogP contribution in [0.3, 0.4) is 0 Å². The largest absolute Gasteiger partial charge is 0.391 e. The number of benzene rings is 1. The molecule has 7 heteroatoms. The first-order chi connectivity index (χ1) is 9.73. The van der Waals surface area contributed by atoms with Crippen molar-refractivity contribution in [2.45, 2.75) is 37.4 Å². The van der Waals surface area contributed by atoms with Crippen LogP contribution in [0.1, 0.15) is 25.7 Å². The zero-order chi connectivity index (χ0) is 15.7. The van der Waals surface area contributed by atoms with Gasteiger partial charge in [0.05, 0.1) is 5.92 Å². The van der Waals surface area contributed by atoms with Crippen molar-refractivity contribution in [2.24, 2.45) is 11.7 Å². The average molecular weight is 365 g/mol. The van der Waals surface area contributed by atoms with Crippen LogP contribution < -0.4 is 11.1 Å². The van der Waals surface area contributed by atoms with E-state index in [2.05, 4.69) is 21.2 Å². The second-order valence-electron chi connectivity index (χ2n) is 5.40. The van der Waals surface area contributed by atoms with Gasteiger partial charge in [0.2, 0.25) is 5.91 Å². The highest BCUT2D eigenvalue weighted by atomic mass is 79.9. The molecule has 1 aromatic carbocycles. The normalized spacial score (nSPS) is 26.4. The SMILES string of the molecule is NC(=O)C1(Nc2cccc(Br)c2)CCC(C(F)(F)F)CC1. The van der Waals surface area contributed by atoms with Crippen LogP contribution in [0, 0.1) is 5.92 Å². The minimum absolute atomic E-state index is 0.0824. The van der Waals surface area contributed by atoms with E-state index < -0.39 is 23.5 Å². The van der Waals surface area contributed by atoms with Crippen molar-refractivity contribution >= 4 is 27.5 Å². The highest BCUT2D eigenvalue weighted by Gasteiger charge is 2.48. The fraction of sp³-hybridized carbons (Fsp3) is 0.500. The molecule has 0 saturated heterocycles. The van der Waals surface area contributed by atoms with Gasteiger partial charge in [0.15, 0.2) is 0 Å². The molecule has 1 aliphatic carbocycles. The zero-order valence-electron chi connectivity index (χ0n) is 11.2. The van der Waals surface area contributed by atoms with Gasteiger partial charge in [-0.05, 0) is 43.9 Å². The molecular formula is C14H16BrF3N2O. The summed E-state index contributed by atoms with van der Waals surface area (Å²) in [5.74, 6) is -1.96. The summed E-state index contributed by atoms with van der Waals surface area (Å²) in [7, 11) is 0. The summed E-state index contributed by atoms with van der Waals surface area (Å²) in [6.45, 7) is 0. The van der Waals surface area contributed by atoms with Gasteiger partial charge in [-0.1, -0.05) is 22.0 Å². The predicted octanol–water partition coefficient (Wildman–Crippen LogP) is 3.84. The molecule has 0 aliphatic heterocycles. The Hall–Kier alpha value is -1.24. The van der Waals surface area contributed by atoms with Crippen molar-refractivity contribution in [3.63, 3.8) is 0 Å². The third-order valence-electron chi connectivity index (χ3n) is 3.98. The van der Waals surface area contributed by atoms with E-state index in [0.29, 0.717) is 5.69 Å². The number of carbonyl (C=O) groups is 1. The molecule has 3 N–H and O–H groups in total. The lowest BCUT2D eigenvalue weighted by Crippen LogP contribution is -2.53. The fourth-order valence-electron chi connectivity index (χ4n) is 2.71. The zero-order valence-corrected chi connectivity index (χ0v) is 12.8. The van der Waals surface area contributed by atoms with Crippen LogP contribution in [0.4, 0.5) is 18.9 Å². The fourth-order valence-corrected chi connectivity index (χ4v) is 3.11. The maximum Gasteiger partial charge on any atom is 0.391 e. The summed E-state index contributed by atoms with van der Waals surface area (Å²) in [6.07, 6.45) is -4.22.